The fourth-order valence-corrected chi connectivity index (χ4v) is 3.23. The van der Waals surface area contributed by atoms with E-state index in [1.165, 1.54) is 19.3 Å². The van der Waals surface area contributed by atoms with Gasteiger partial charge in [-0.25, -0.2) is 0 Å². The first kappa shape index (κ1) is 15.0. The minimum atomic E-state index is -0.418. The van der Waals surface area contributed by atoms with Crippen LogP contribution in [0.2, 0.25) is 0 Å². The number of Topliss-reactive ketones (excluding diaryl/α,β-unsaturated/α-hetero) is 2. The van der Waals surface area contributed by atoms with Gasteiger partial charge in [0, 0.05) is 11.1 Å². The van der Waals surface area contributed by atoms with Crippen LogP contribution in [0.15, 0.2) is 24.3 Å². The topological polar surface area (TPSA) is 34.1 Å². The fourth-order valence-electron chi connectivity index (χ4n) is 3.23. The van der Waals surface area contributed by atoms with E-state index in [-0.39, 0.29) is 17.5 Å². The van der Waals surface area contributed by atoms with E-state index in [0.29, 0.717) is 11.1 Å². The number of benzene rings is 1. The van der Waals surface area contributed by atoms with Gasteiger partial charge >= 0.3 is 0 Å². The average molecular weight is 272 g/mol. The van der Waals surface area contributed by atoms with Gasteiger partial charge in [-0.1, -0.05) is 70.2 Å². The molecule has 0 aliphatic heterocycles. The van der Waals surface area contributed by atoms with Crippen molar-refractivity contribution in [2.24, 2.45) is 11.8 Å². The van der Waals surface area contributed by atoms with Crippen molar-refractivity contribution >= 4 is 11.6 Å². The predicted octanol–water partition coefficient (Wildman–Crippen LogP) is 4.68. The minimum Gasteiger partial charge on any atom is -0.293 e. The number of unbranched alkanes of at least 4 members (excludes halogenated alkanes) is 3. The zero-order chi connectivity index (χ0) is 14.5. The standard InChI is InChI=1S/C18H24O2/c1-3-5-6-7-10-13(4-2)16-17(19)14-11-8-9-12-15(14)18(16)20/h8-9,11-13,16H,3-7,10H2,1-2H3. The van der Waals surface area contributed by atoms with Gasteiger partial charge < -0.3 is 0 Å². The van der Waals surface area contributed by atoms with Crippen molar-refractivity contribution in [1.82, 2.24) is 0 Å². The molecule has 1 aliphatic carbocycles. The molecule has 1 aromatic carbocycles. The van der Waals surface area contributed by atoms with Crippen molar-refractivity contribution in [1.29, 1.82) is 0 Å². The van der Waals surface area contributed by atoms with Crippen LogP contribution in [0.4, 0.5) is 0 Å². The van der Waals surface area contributed by atoms with Crippen molar-refractivity contribution in [2.75, 3.05) is 0 Å². The van der Waals surface area contributed by atoms with Crippen molar-refractivity contribution in [2.45, 2.75) is 52.4 Å². The molecule has 1 atom stereocenters. The van der Waals surface area contributed by atoms with E-state index in [4.69, 9.17) is 0 Å². The Labute approximate surface area is 121 Å². The van der Waals surface area contributed by atoms with Gasteiger partial charge in [-0.15, -0.1) is 0 Å². The lowest BCUT2D eigenvalue weighted by Gasteiger charge is -2.19. The zero-order valence-electron chi connectivity index (χ0n) is 12.5. The smallest absolute Gasteiger partial charge is 0.174 e. The third-order valence-corrected chi connectivity index (χ3v) is 4.45. The second-order valence-corrected chi connectivity index (χ2v) is 5.77. The SMILES string of the molecule is CCCCCCC(CC)C1C(=O)c2ccccc2C1=O. The first-order valence-electron chi connectivity index (χ1n) is 7.88. The Bertz CT molecular complexity index is 455. The number of carbonyl (C=O) groups excluding carboxylic acids is 2. The highest BCUT2D eigenvalue weighted by molar-refractivity contribution is 6.26. The molecule has 0 spiro atoms. The van der Waals surface area contributed by atoms with Crippen molar-refractivity contribution < 1.29 is 9.59 Å². The van der Waals surface area contributed by atoms with Crippen LogP contribution in [0.1, 0.15) is 73.1 Å². The summed E-state index contributed by atoms with van der Waals surface area (Å²) in [7, 11) is 0. The maximum Gasteiger partial charge on any atom is 0.174 e. The van der Waals surface area contributed by atoms with Gasteiger partial charge in [-0.2, -0.15) is 0 Å². The van der Waals surface area contributed by atoms with E-state index in [2.05, 4.69) is 13.8 Å². The molecule has 0 saturated heterocycles. The Kier molecular flexibility index (Phi) is 5.11. The van der Waals surface area contributed by atoms with E-state index in [1.807, 2.05) is 12.1 Å². The molecule has 2 heteroatoms. The third kappa shape index (κ3) is 2.84. The minimum absolute atomic E-state index is 0.0490. The molecule has 0 aromatic heterocycles. The molecule has 0 heterocycles. The quantitative estimate of drug-likeness (QED) is 0.533. The maximum absolute atomic E-state index is 12.5. The Morgan fingerprint density at radius 3 is 2.05 bits per heavy atom. The molecule has 0 N–H and O–H groups in total. The van der Waals surface area contributed by atoms with Crippen LogP contribution in [0.3, 0.4) is 0 Å². The van der Waals surface area contributed by atoms with Gasteiger partial charge in [0.1, 0.15) is 0 Å². The molecule has 1 unspecified atom stereocenters. The summed E-state index contributed by atoms with van der Waals surface area (Å²) in [5.74, 6) is -0.112. The second kappa shape index (κ2) is 6.83. The van der Waals surface area contributed by atoms with Gasteiger partial charge in [0.05, 0.1) is 5.92 Å². The molecule has 20 heavy (non-hydrogen) atoms. The second-order valence-electron chi connectivity index (χ2n) is 5.77. The number of hydrogen-bond acceptors (Lipinski definition) is 2. The van der Waals surface area contributed by atoms with Crippen LogP contribution >= 0.6 is 0 Å². The third-order valence-electron chi connectivity index (χ3n) is 4.45. The van der Waals surface area contributed by atoms with E-state index in [1.54, 1.807) is 12.1 Å². The Morgan fingerprint density at radius 1 is 0.950 bits per heavy atom. The average Bonchev–Trinajstić information content (AvgIpc) is 2.73. The Morgan fingerprint density at radius 2 is 1.55 bits per heavy atom. The molecular formula is C18H24O2. The van der Waals surface area contributed by atoms with Crippen LogP contribution in [0.5, 0.6) is 0 Å². The molecule has 1 aromatic rings. The van der Waals surface area contributed by atoms with Gasteiger partial charge in [-0.05, 0) is 12.3 Å². The molecule has 1 aliphatic rings. The predicted molar refractivity (Wildman–Crippen MR) is 81.1 cm³/mol. The zero-order valence-corrected chi connectivity index (χ0v) is 12.5. The number of carbonyl (C=O) groups is 2. The van der Waals surface area contributed by atoms with E-state index in [0.717, 1.165) is 19.3 Å². The monoisotopic (exact) mass is 272 g/mol. The van der Waals surface area contributed by atoms with Crippen LogP contribution < -0.4 is 0 Å². The van der Waals surface area contributed by atoms with Gasteiger partial charge in [-0.3, -0.25) is 9.59 Å². The lowest BCUT2D eigenvalue weighted by Crippen LogP contribution is -2.25. The molecule has 0 radical (unpaired) electrons. The first-order chi connectivity index (χ1) is 9.70. The summed E-state index contributed by atoms with van der Waals surface area (Å²) in [5.41, 5.74) is 1.27. The molecular weight excluding hydrogens is 248 g/mol. The highest BCUT2D eigenvalue weighted by Gasteiger charge is 2.41. The number of ketones is 2. The molecule has 0 saturated carbocycles. The van der Waals surface area contributed by atoms with E-state index in [9.17, 15) is 9.59 Å². The normalized spacial score (nSPS) is 16.5. The summed E-state index contributed by atoms with van der Waals surface area (Å²) >= 11 is 0. The largest absolute Gasteiger partial charge is 0.293 e. The van der Waals surface area contributed by atoms with E-state index < -0.39 is 5.92 Å². The fraction of sp³-hybridized carbons (Fsp3) is 0.556. The lowest BCUT2D eigenvalue weighted by molar-refractivity contribution is 0.0772. The number of fused-ring (bicyclic) bond motifs is 1. The molecule has 0 amide bonds. The van der Waals surface area contributed by atoms with Crippen molar-refractivity contribution in [3.05, 3.63) is 35.4 Å². The van der Waals surface area contributed by atoms with Gasteiger partial charge in [0.2, 0.25) is 0 Å². The highest BCUT2D eigenvalue weighted by Crippen LogP contribution is 2.35. The van der Waals surface area contributed by atoms with Gasteiger partial charge in [0.15, 0.2) is 11.6 Å². The Hall–Kier alpha value is -1.44. The van der Waals surface area contributed by atoms with Crippen LogP contribution in [-0.4, -0.2) is 11.6 Å². The molecule has 108 valence electrons. The van der Waals surface area contributed by atoms with Gasteiger partial charge in [0.25, 0.3) is 0 Å². The number of rotatable bonds is 7. The van der Waals surface area contributed by atoms with Crippen LogP contribution in [-0.2, 0) is 0 Å². The summed E-state index contributed by atoms with van der Waals surface area (Å²) < 4.78 is 0. The summed E-state index contributed by atoms with van der Waals surface area (Å²) in [4.78, 5) is 25.0. The lowest BCUT2D eigenvalue weighted by atomic mass is 9.82. The highest BCUT2D eigenvalue weighted by atomic mass is 16.2. The van der Waals surface area contributed by atoms with Crippen molar-refractivity contribution in [3.8, 4) is 0 Å². The number of hydrogen-bond donors (Lipinski definition) is 0. The Balaban J connectivity index is 2.08. The van der Waals surface area contributed by atoms with Crippen LogP contribution in [0.25, 0.3) is 0 Å². The van der Waals surface area contributed by atoms with E-state index >= 15 is 0 Å². The maximum atomic E-state index is 12.5. The molecule has 0 fully saturated rings. The molecule has 0 bridgehead atoms. The van der Waals surface area contributed by atoms with Crippen molar-refractivity contribution in [3.63, 3.8) is 0 Å². The summed E-state index contributed by atoms with van der Waals surface area (Å²) in [5, 5.41) is 0. The molecule has 2 rings (SSSR count). The van der Waals surface area contributed by atoms with Crippen LogP contribution in [0, 0.1) is 11.8 Å². The first-order valence-corrected chi connectivity index (χ1v) is 7.88. The summed E-state index contributed by atoms with van der Waals surface area (Å²) in [6, 6.07) is 7.27. The summed E-state index contributed by atoms with van der Waals surface area (Å²) in [6.07, 6.45) is 6.68. The molecule has 2 nitrogen and oxygen atoms in total. The summed E-state index contributed by atoms with van der Waals surface area (Å²) in [6.45, 7) is 4.28.